The summed E-state index contributed by atoms with van der Waals surface area (Å²) >= 11 is 5.93. The first-order valence-electron chi connectivity index (χ1n) is 6.44. The van der Waals surface area contributed by atoms with E-state index in [0.29, 0.717) is 23.5 Å². The fourth-order valence-electron chi connectivity index (χ4n) is 1.93. The van der Waals surface area contributed by atoms with Gasteiger partial charge in [0.15, 0.2) is 6.29 Å². The molecule has 6 heteroatoms. The zero-order valence-electron chi connectivity index (χ0n) is 11.9. The quantitative estimate of drug-likeness (QED) is 0.688. The summed E-state index contributed by atoms with van der Waals surface area (Å²) in [7, 11) is 0. The Morgan fingerprint density at radius 3 is 2.67 bits per heavy atom. The lowest BCUT2D eigenvalue weighted by Gasteiger charge is -2.17. The summed E-state index contributed by atoms with van der Waals surface area (Å²) in [5.41, 5.74) is 1.53. The molecule has 1 unspecified atom stereocenters. The Morgan fingerprint density at radius 1 is 1.33 bits per heavy atom. The fraction of sp³-hybridized carbons (Fsp3) is 0.267. The van der Waals surface area contributed by atoms with Gasteiger partial charge in [-0.25, -0.2) is 14.4 Å². The number of aromatic nitrogens is 2. The van der Waals surface area contributed by atoms with Gasteiger partial charge in [-0.05, 0) is 38.0 Å². The van der Waals surface area contributed by atoms with Crippen molar-refractivity contribution in [1.82, 2.24) is 9.97 Å². The molecule has 0 fully saturated rings. The van der Waals surface area contributed by atoms with Crippen molar-refractivity contribution in [3.05, 3.63) is 51.7 Å². The number of aldehydes is 1. The molecule has 2 rings (SSSR count). The summed E-state index contributed by atoms with van der Waals surface area (Å²) < 4.78 is 13.6. The van der Waals surface area contributed by atoms with E-state index in [-0.39, 0.29) is 22.6 Å². The van der Waals surface area contributed by atoms with E-state index < -0.39 is 0 Å². The highest BCUT2D eigenvalue weighted by atomic mass is 35.5. The van der Waals surface area contributed by atoms with Crippen LogP contribution in [0.3, 0.4) is 0 Å². The number of nitrogens with zero attached hydrogens (tertiary/aromatic N) is 2. The summed E-state index contributed by atoms with van der Waals surface area (Å²) in [6.07, 6.45) is 0.604. The smallest absolute Gasteiger partial charge is 0.156 e. The monoisotopic (exact) mass is 307 g/mol. The molecule has 1 aromatic heterocycles. The molecule has 0 radical (unpaired) electrons. The van der Waals surface area contributed by atoms with Gasteiger partial charge in [0.25, 0.3) is 0 Å². The maximum atomic E-state index is 13.6. The Morgan fingerprint density at radius 2 is 2.05 bits per heavy atom. The third kappa shape index (κ3) is 3.36. The van der Waals surface area contributed by atoms with Crippen molar-refractivity contribution in [2.75, 3.05) is 5.32 Å². The zero-order chi connectivity index (χ0) is 15.6. The van der Waals surface area contributed by atoms with Gasteiger partial charge in [-0.15, -0.1) is 0 Å². The van der Waals surface area contributed by atoms with E-state index in [2.05, 4.69) is 15.3 Å². The molecule has 2 aromatic rings. The number of carbonyl (C=O) groups is 1. The summed E-state index contributed by atoms with van der Waals surface area (Å²) in [6, 6.07) is 4.77. The highest BCUT2D eigenvalue weighted by molar-refractivity contribution is 6.32. The molecule has 0 aliphatic rings. The van der Waals surface area contributed by atoms with E-state index in [9.17, 15) is 9.18 Å². The molecule has 1 heterocycles. The summed E-state index contributed by atoms with van der Waals surface area (Å²) in [5, 5.41) is 3.17. The Kier molecular flexibility index (Phi) is 4.53. The third-order valence-electron chi connectivity index (χ3n) is 3.18. The molecule has 0 aliphatic heterocycles. The number of benzene rings is 1. The van der Waals surface area contributed by atoms with Crippen molar-refractivity contribution < 1.29 is 9.18 Å². The van der Waals surface area contributed by atoms with Gasteiger partial charge in [-0.2, -0.15) is 0 Å². The van der Waals surface area contributed by atoms with Gasteiger partial charge in [-0.1, -0.05) is 23.7 Å². The molecule has 1 atom stereocenters. The summed E-state index contributed by atoms with van der Waals surface area (Å²) in [6.45, 7) is 5.24. The molecule has 0 amide bonds. The molecule has 21 heavy (non-hydrogen) atoms. The van der Waals surface area contributed by atoms with E-state index in [4.69, 9.17) is 11.6 Å². The molecular formula is C15H15ClFN3O. The predicted octanol–water partition coefficient (Wildman–Crippen LogP) is 3.87. The molecule has 4 nitrogen and oxygen atoms in total. The minimum absolute atomic E-state index is 0.0993. The average molecular weight is 308 g/mol. The lowest BCUT2D eigenvalue weighted by atomic mass is 10.1. The Hall–Kier alpha value is -2.01. The fourth-order valence-corrected chi connectivity index (χ4v) is 2.18. The number of halogens is 2. The van der Waals surface area contributed by atoms with Crippen molar-refractivity contribution >= 4 is 23.7 Å². The van der Waals surface area contributed by atoms with E-state index in [1.165, 1.54) is 6.07 Å². The SMILES string of the molecule is Cc1nc(Cl)c(C=O)c(NC(C)c2ccc(C)c(F)c2)n1. The van der Waals surface area contributed by atoms with Crippen LogP contribution in [0.2, 0.25) is 5.15 Å². The topological polar surface area (TPSA) is 54.9 Å². The standard InChI is InChI=1S/C15H15ClFN3O/c1-8-4-5-11(6-13(8)17)9(2)18-15-12(7-21)14(16)19-10(3)20-15/h4-7,9H,1-3H3,(H,18,19,20). The largest absolute Gasteiger partial charge is 0.363 e. The number of nitrogens with one attached hydrogen (secondary N) is 1. The zero-order valence-corrected chi connectivity index (χ0v) is 12.7. The molecule has 1 N–H and O–H groups in total. The minimum Gasteiger partial charge on any atom is -0.363 e. The van der Waals surface area contributed by atoms with Crippen LogP contribution in [0.4, 0.5) is 10.2 Å². The molecule has 0 saturated carbocycles. The van der Waals surface area contributed by atoms with Gasteiger partial charge >= 0.3 is 0 Å². The number of anilines is 1. The average Bonchev–Trinajstić information content (AvgIpc) is 2.41. The van der Waals surface area contributed by atoms with Gasteiger partial charge in [0.1, 0.15) is 22.6 Å². The Bertz CT molecular complexity index is 691. The van der Waals surface area contributed by atoms with E-state index >= 15 is 0 Å². The van der Waals surface area contributed by atoms with Crippen LogP contribution in [-0.2, 0) is 0 Å². The number of aryl methyl sites for hydroxylation is 2. The van der Waals surface area contributed by atoms with Crippen molar-refractivity contribution in [3.63, 3.8) is 0 Å². The predicted molar refractivity (Wildman–Crippen MR) is 80.3 cm³/mol. The molecule has 0 spiro atoms. The van der Waals surface area contributed by atoms with Gasteiger partial charge < -0.3 is 5.32 Å². The molecule has 1 aromatic carbocycles. The highest BCUT2D eigenvalue weighted by Crippen LogP contribution is 2.24. The van der Waals surface area contributed by atoms with E-state index in [1.54, 1.807) is 19.9 Å². The lowest BCUT2D eigenvalue weighted by Crippen LogP contribution is -2.12. The van der Waals surface area contributed by atoms with E-state index in [1.807, 2.05) is 13.0 Å². The third-order valence-corrected chi connectivity index (χ3v) is 3.47. The van der Waals surface area contributed by atoms with Crippen molar-refractivity contribution in [3.8, 4) is 0 Å². The molecule has 0 saturated heterocycles. The van der Waals surface area contributed by atoms with Gasteiger partial charge in [0, 0.05) is 0 Å². The van der Waals surface area contributed by atoms with Crippen LogP contribution in [0.25, 0.3) is 0 Å². The second-order valence-corrected chi connectivity index (χ2v) is 5.17. The lowest BCUT2D eigenvalue weighted by molar-refractivity contribution is 0.112. The van der Waals surface area contributed by atoms with Crippen molar-refractivity contribution in [2.24, 2.45) is 0 Å². The molecular weight excluding hydrogens is 293 g/mol. The van der Waals surface area contributed by atoms with Crippen LogP contribution < -0.4 is 5.32 Å². The van der Waals surface area contributed by atoms with Gasteiger partial charge in [-0.3, -0.25) is 4.79 Å². The van der Waals surface area contributed by atoms with Crippen LogP contribution in [0, 0.1) is 19.7 Å². The number of hydrogen-bond acceptors (Lipinski definition) is 4. The van der Waals surface area contributed by atoms with Gasteiger partial charge in [0.05, 0.1) is 11.6 Å². The van der Waals surface area contributed by atoms with Gasteiger partial charge in [0.2, 0.25) is 0 Å². The molecule has 110 valence electrons. The number of carbonyl (C=O) groups excluding carboxylic acids is 1. The maximum absolute atomic E-state index is 13.6. The number of rotatable bonds is 4. The van der Waals surface area contributed by atoms with Crippen LogP contribution in [0.1, 0.15) is 40.3 Å². The second-order valence-electron chi connectivity index (χ2n) is 4.82. The Labute approximate surface area is 127 Å². The van der Waals surface area contributed by atoms with Crippen LogP contribution in [0.5, 0.6) is 0 Å². The van der Waals surface area contributed by atoms with Crippen LogP contribution in [-0.4, -0.2) is 16.3 Å². The Balaban J connectivity index is 2.32. The molecule has 0 aliphatic carbocycles. The number of hydrogen-bond donors (Lipinski definition) is 1. The normalized spacial score (nSPS) is 12.0. The maximum Gasteiger partial charge on any atom is 0.156 e. The summed E-state index contributed by atoms with van der Waals surface area (Å²) in [4.78, 5) is 19.2. The summed E-state index contributed by atoms with van der Waals surface area (Å²) in [5.74, 6) is 0.528. The van der Waals surface area contributed by atoms with Crippen LogP contribution in [0.15, 0.2) is 18.2 Å². The first-order valence-corrected chi connectivity index (χ1v) is 6.82. The second kappa shape index (κ2) is 6.18. The first kappa shape index (κ1) is 15.4. The van der Waals surface area contributed by atoms with E-state index in [0.717, 1.165) is 5.56 Å². The molecule has 0 bridgehead atoms. The van der Waals surface area contributed by atoms with Crippen molar-refractivity contribution in [2.45, 2.75) is 26.8 Å². The first-order chi connectivity index (χ1) is 9.92. The van der Waals surface area contributed by atoms with Crippen LogP contribution >= 0.6 is 11.6 Å². The minimum atomic E-state index is -0.270. The van der Waals surface area contributed by atoms with Crippen molar-refractivity contribution in [1.29, 1.82) is 0 Å². The highest BCUT2D eigenvalue weighted by Gasteiger charge is 2.14.